The van der Waals surface area contributed by atoms with Crippen molar-refractivity contribution in [2.24, 2.45) is 5.73 Å². The van der Waals surface area contributed by atoms with Crippen LogP contribution in [0.1, 0.15) is 39.0 Å². The van der Waals surface area contributed by atoms with E-state index in [0.29, 0.717) is 4.99 Å². The summed E-state index contributed by atoms with van der Waals surface area (Å²) in [6.45, 7) is 2.20. The lowest BCUT2D eigenvalue weighted by atomic mass is 10.2. The van der Waals surface area contributed by atoms with Gasteiger partial charge in [-0.15, -0.1) is 0 Å². The van der Waals surface area contributed by atoms with Crippen molar-refractivity contribution in [1.82, 2.24) is 0 Å². The van der Waals surface area contributed by atoms with Crippen molar-refractivity contribution in [2.75, 3.05) is 0 Å². The molecule has 0 spiro atoms. The molecule has 0 saturated heterocycles. The first-order valence-electron chi connectivity index (χ1n) is 3.55. The van der Waals surface area contributed by atoms with Crippen LogP contribution in [0.4, 0.5) is 0 Å². The van der Waals surface area contributed by atoms with E-state index in [9.17, 15) is 0 Å². The number of hydrogen-bond donors (Lipinski definition) is 1. The Hall–Kier alpha value is -0.110. The molecule has 0 aliphatic rings. The topological polar surface area (TPSA) is 26.0 Å². The lowest BCUT2D eigenvalue weighted by Gasteiger charge is -1.95. The molecule has 2 heteroatoms. The predicted octanol–water partition coefficient (Wildman–Crippen LogP) is 2.24. The van der Waals surface area contributed by atoms with Crippen LogP contribution in [0.25, 0.3) is 0 Å². The molecule has 0 amide bonds. The monoisotopic (exact) mass is 145 g/mol. The van der Waals surface area contributed by atoms with Crippen molar-refractivity contribution in [1.29, 1.82) is 0 Å². The number of nitrogens with two attached hydrogens (primary N) is 1. The number of hydrogen-bond acceptors (Lipinski definition) is 1. The summed E-state index contributed by atoms with van der Waals surface area (Å²) in [6.07, 6.45) is 5.95. The van der Waals surface area contributed by atoms with Gasteiger partial charge in [-0.05, 0) is 12.8 Å². The molecule has 0 rings (SSSR count). The minimum atomic E-state index is 0.658. The van der Waals surface area contributed by atoms with E-state index in [4.69, 9.17) is 18.0 Å². The quantitative estimate of drug-likeness (QED) is 0.474. The second-order valence-corrected chi connectivity index (χ2v) is 2.80. The van der Waals surface area contributed by atoms with Gasteiger partial charge in [0.1, 0.15) is 0 Å². The van der Waals surface area contributed by atoms with Crippen molar-refractivity contribution in [3.05, 3.63) is 0 Å². The summed E-state index contributed by atoms with van der Waals surface area (Å²) in [6, 6.07) is 0. The van der Waals surface area contributed by atoms with E-state index in [2.05, 4.69) is 6.92 Å². The molecule has 1 nitrogen and oxygen atoms in total. The first-order valence-corrected chi connectivity index (χ1v) is 3.96. The maximum atomic E-state index is 5.31. The Morgan fingerprint density at radius 2 is 2.00 bits per heavy atom. The molecular weight excluding hydrogens is 130 g/mol. The van der Waals surface area contributed by atoms with Gasteiger partial charge >= 0.3 is 0 Å². The number of thiocarbonyl (C=S) groups is 1. The molecule has 0 aromatic carbocycles. The highest BCUT2D eigenvalue weighted by Gasteiger charge is 1.88. The molecule has 0 atom stereocenters. The molecule has 0 aromatic rings. The van der Waals surface area contributed by atoms with E-state index in [1.807, 2.05) is 0 Å². The number of rotatable bonds is 5. The van der Waals surface area contributed by atoms with Gasteiger partial charge in [-0.3, -0.25) is 0 Å². The molecule has 9 heavy (non-hydrogen) atoms. The molecule has 0 aliphatic carbocycles. The van der Waals surface area contributed by atoms with Crippen molar-refractivity contribution >= 4 is 17.2 Å². The van der Waals surface area contributed by atoms with Crippen LogP contribution in [0.15, 0.2) is 0 Å². The zero-order valence-corrected chi connectivity index (χ0v) is 6.84. The van der Waals surface area contributed by atoms with Crippen molar-refractivity contribution in [2.45, 2.75) is 39.0 Å². The van der Waals surface area contributed by atoms with Crippen LogP contribution in [0, 0.1) is 0 Å². The summed E-state index contributed by atoms with van der Waals surface area (Å²) in [5, 5.41) is 0. The molecule has 0 fully saturated rings. The molecule has 0 heterocycles. The summed E-state index contributed by atoms with van der Waals surface area (Å²) < 4.78 is 0. The van der Waals surface area contributed by atoms with Crippen molar-refractivity contribution in [3.8, 4) is 0 Å². The maximum Gasteiger partial charge on any atom is 0.0727 e. The van der Waals surface area contributed by atoms with E-state index in [1.54, 1.807) is 0 Å². The lowest BCUT2D eigenvalue weighted by molar-refractivity contribution is 0.684. The Bertz CT molecular complexity index is 81.0. The predicted molar refractivity (Wildman–Crippen MR) is 45.5 cm³/mol. The molecule has 0 saturated carbocycles. The van der Waals surface area contributed by atoms with Gasteiger partial charge in [0.05, 0.1) is 4.99 Å². The smallest absolute Gasteiger partial charge is 0.0727 e. The second kappa shape index (κ2) is 6.02. The molecule has 0 radical (unpaired) electrons. The van der Waals surface area contributed by atoms with E-state index >= 15 is 0 Å². The van der Waals surface area contributed by atoms with Gasteiger partial charge in [-0.2, -0.15) is 0 Å². The highest BCUT2D eigenvalue weighted by atomic mass is 32.1. The number of unbranched alkanes of at least 4 members (excludes halogenated alkanes) is 3. The van der Waals surface area contributed by atoms with E-state index < -0.39 is 0 Å². The van der Waals surface area contributed by atoms with Gasteiger partial charge in [-0.25, -0.2) is 0 Å². The summed E-state index contributed by atoms with van der Waals surface area (Å²) in [7, 11) is 0. The van der Waals surface area contributed by atoms with Gasteiger partial charge in [0.2, 0.25) is 0 Å². The molecule has 0 aromatic heterocycles. The standard InChI is InChI=1S/C7H15NS/c1-2-3-4-5-6-7(8)9/h2-6H2,1H3,(H2,8,9). The maximum absolute atomic E-state index is 5.31. The van der Waals surface area contributed by atoms with Gasteiger partial charge in [0.15, 0.2) is 0 Å². The van der Waals surface area contributed by atoms with Crippen molar-refractivity contribution < 1.29 is 0 Å². The van der Waals surface area contributed by atoms with Crippen LogP contribution < -0.4 is 5.73 Å². The van der Waals surface area contributed by atoms with E-state index in [-0.39, 0.29) is 0 Å². The molecule has 0 aliphatic heterocycles. The summed E-state index contributed by atoms with van der Waals surface area (Å²) in [4.78, 5) is 0.658. The summed E-state index contributed by atoms with van der Waals surface area (Å²) in [5.74, 6) is 0. The van der Waals surface area contributed by atoms with E-state index in [0.717, 1.165) is 6.42 Å². The van der Waals surface area contributed by atoms with Crippen LogP contribution in [-0.4, -0.2) is 4.99 Å². The van der Waals surface area contributed by atoms with Gasteiger partial charge < -0.3 is 5.73 Å². The zero-order chi connectivity index (χ0) is 7.11. The highest BCUT2D eigenvalue weighted by Crippen LogP contribution is 2.01. The fourth-order valence-corrected chi connectivity index (χ4v) is 0.870. The summed E-state index contributed by atoms with van der Waals surface area (Å²) >= 11 is 4.72. The molecule has 0 unspecified atom stereocenters. The van der Waals surface area contributed by atoms with Crippen LogP contribution in [0.3, 0.4) is 0 Å². The first-order chi connectivity index (χ1) is 4.27. The average molecular weight is 145 g/mol. The largest absolute Gasteiger partial charge is 0.393 e. The summed E-state index contributed by atoms with van der Waals surface area (Å²) in [5.41, 5.74) is 5.31. The lowest BCUT2D eigenvalue weighted by Crippen LogP contribution is -2.06. The molecule has 54 valence electrons. The zero-order valence-electron chi connectivity index (χ0n) is 6.02. The molecule has 2 N–H and O–H groups in total. The Morgan fingerprint density at radius 3 is 2.44 bits per heavy atom. The third kappa shape index (κ3) is 7.89. The molecule has 0 bridgehead atoms. The van der Waals surface area contributed by atoms with Crippen LogP contribution in [-0.2, 0) is 0 Å². The van der Waals surface area contributed by atoms with Crippen LogP contribution in [0.2, 0.25) is 0 Å². The van der Waals surface area contributed by atoms with Crippen LogP contribution in [0.5, 0.6) is 0 Å². The SMILES string of the molecule is CCCCCCC(N)=S. The first kappa shape index (κ1) is 8.89. The van der Waals surface area contributed by atoms with Gasteiger partial charge in [0, 0.05) is 0 Å². The third-order valence-electron chi connectivity index (χ3n) is 1.28. The van der Waals surface area contributed by atoms with Crippen LogP contribution >= 0.6 is 12.2 Å². The highest BCUT2D eigenvalue weighted by molar-refractivity contribution is 7.80. The Morgan fingerprint density at radius 1 is 1.33 bits per heavy atom. The fraction of sp³-hybridized carbons (Fsp3) is 0.857. The Labute approximate surface area is 62.6 Å². The molecular formula is C7H15NS. The Balaban J connectivity index is 2.83. The minimum Gasteiger partial charge on any atom is -0.393 e. The minimum absolute atomic E-state index is 0.658. The normalized spacial score (nSPS) is 9.44. The Kier molecular flexibility index (Phi) is 5.94. The third-order valence-corrected chi connectivity index (χ3v) is 1.48. The average Bonchev–Trinajstić information content (AvgIpc) is 1.80. The van der Waals surface area contributed by atoms with Crippen molar-refractivity contribution in [3.63, 3.8) is 0 Å². The van der Waals surface area contributed by atoms with Gasteiger partial charge in [-0.1, -0.05) is 38.4 Å². The fourth-order valence-electron chi connectivity index (χ4n) is 0.726. The van der Waals surface area contributed by atoms with E-state index in [1.165, 1.54) is 25.7 Å². The van der Waals surface area contributed by atoms with Gasteiger partial charge in [0.25, 0.3) is 0 Å². The second-order valence-electron chi connectivity index (χ2n) is 2.28.